The first kappa shape index (κ1) is 14.2. The van der Waals surface area contributed by atoms with E-state index in [2.05, 4.69) is 20.8 Å². The van der Waals surface area contributed by atoms with Gasteiger partial charge in [-0.05, 0) is 24.2 Å². The molecular formula is C12H26ClN. The summed E-state index contributed by atoms with van der Waals surface area (Å²) < 4.78 is 0. The van der Waals surface area contributed by atoms with Crippen LogP contribution in [0.5, 0.6) is 0 Å². The highest BCUT2D eigenvalue weighted by Crippen LogP contribution is 2.31. The molecule has 14 heavy (non-hydrogen) atoms. The van der Waals surface area contributed by atoms with Gasteiger partial charge in [-0.15, -0.1) is 12.4 Å². The predicted molar refractivity (Wildman–Crippen MR) is 65.9 cm³/mol. The molecule has 0 aromatic rings. The number of nitrogens with two attached hydrogens (primary N) is 1. The summed E-state index contributed by atoms with van der Waals surface area (Å²) in [7, 11) is 0. The quantitative estimate of drug-likeness (QED) is 0.769. The Morgan fingerprint density at radius 2 is 1.71 bits per heavy atom. The number of halogens is 1. The Labute approximate surface area is 95.2 Å². The first-order valence-corrected chi connectivity index (χ1v) is 5.76. The molecule has 0 amide bonds. The molecule has 1 aliphatic carbocycles. The summed E-state index contributed by atoms with van der Waals surface area (Å²) in [6.45, 7) is 6.73. The van der Waals surface area contributed by atoms with Crippen LogP contribution in [-0.4, -0.2) is 6.04 Å². The van der Waals surface area contributed by atoms with Crippen LogP contribution in [0.15, 0.2) is 0 Å². The average molecular weight is 220 g/mol. The van der Waals surface area contributed by atoms with Gasteiger partial charge in [-0.25, -0.2) is 0 Å². The maximum absolute atomic E-state index is 6.13. The number of hydrogen-bond acceptors (Lipinski definition) is 1. The van der Waals surface area contributed by atoms with Gasteiger partial charge in [-0.2, -0.15) is 0 Å². The highest BCUT2D eigenvalue weighted by molar-refractivity contribution is 5.85. The summed E-state index contributed by atoms with van der Waals surface area (Å²) in [5.41, 5.74) is 6.42. The van der Waals surface area contributed by atoms with Crippen molar-refractivity contribution in [1.29, 1.82) is 0 Å². The third-order valence-corrected chi connectivity index (χ3v) is 3.47. The molecule has 0 spiro atoms. The second kappa shape index (κ2) is 5.97. The zero-order valence-electron chi connectivity index (χ0n) is 9.88. The van der Waals surface area contributed by atoms with E-state index in [0.717, 1.165) is 5.92 Å². The second-order valence-corrected chi connectivity index (χ2v) is 5.70. The third-order valence-electron chi connectivity index (χ3n) is 3.47. The molecule has 0 aromatic carbocycles. The standard InChI is InChI=1S/C12H25N.ClH/c1-12(2,3)11(13)9-8-10-6-4-5-7-10;/h10-11H,4-9,13H2,1-3H3;1H. The maximum atomic E-state index is 6.13. The lowest BCUT2D eigenvalue weighted by atomic mass is 9.83. The van der Waals surface area contributed by atoms with Crippen molar-refractivity contribution in [3.8, 4) is 0 Å². The van der Waals surface area contributed by atoms with Crippen molar-refractivity contribution in [2.45, 2.75) is 65.3 Å². The Morgan fingerprint density at radius 1 is 1.21 bits per heavy atom. The van der Waals surface area contributed by atoms with Crippen molar-refractivity contribution in [3.05, 3.63) is 0 Å². The van der Waals surface area contributed by atoms with E-state index in [1.54, 1.807) is 0 Å². The molecule has 0 radical (unpaired) electrons. The van der Waals surface area contributed by atoms with Crippen LogP contribution in [0.25, 0.3) is 0 Å². The van der Waals surface area contributed by atoms with Gasteiger partial charge >= 0.3 is 0 Å². The molecule has 1 saturated carbocycles. The van der Waals surface area contributed by atoms with Gasteiger partial charge in [-0.3, -0.25) is 0 Å². The summed E-state index contributed by atoms with van der Waals surface area (Å²) in [6.07, 6.45) is 8.39. The molecule has 0 saturated heterocycles. The van der Waals surface area contributed by atoms with Gasteiger partial charge in [0.2, 0.25) is 0 Å². The van der Waals surface area contributed by atoms with Gasteiger partial charge in [0.15, 0.2) is 0 Å². The molecule has 1 rings (SSSR count). The van der Waals surface area contributed by atoms with Crippen LogP contribution >= 0.6 is 12.4 Å². The molecule has 0 aliphatic heterocycles. The molecule has 86 valence electrons. The van der Waals surface area contributed by atoms with Crippen LogP contribution in [-0.2, 0) is 0 Å². The zero-order chi connectivity index (χ0) is 9.90. The lowest BCUT2D eigenvalue weighted by Gasteiger charge is -2.27. The molecule has 2 heteroatoms. The van der Waals surface area contributed by atoms with E-state index in [1.807, 2.05) is 0 Å². The smallest absolute Gasteiger partial charge is 0.00877 e. The normalized spacial score (nSPS) is 20.6. The van der Waals surface area contributed by atoms with E-state index in [9.17, 15) is 0 Å². The third kappa shape index (κ3) is 4.65. The van der Waals surface area contributed by atoms with Crippen LogP contribution in [0.2, 0.25) is 0 Å². The van der Waals surface area contributed by atoms with Crippen molar-refractivity contribution in [2.75, 3.05) is 0 Å². The van der Waals surface area contributed by atoms with Gasteiger partial charge in [-0.1, -0.05) is 46.5 Å². The molecule has 1 nitrogen and oxygen atoms in total. The second-order valence-electron chi connectivity index (χ2n) is 5.70. The topological polar surface area (TPSA) is 26.0 Å². The van der Waals surface area contributed by atoms with Crippen molar-refractivity contribution in [2.24, 2.45) is 17.1 Å². The Hall–Kier alpha value is 0.250. The number of hydrogen-bond donors (Lipinski definition) is 1. The molecule has 0 aromatic heterocycles. The minimum atomic E-state index is 0. The highest BCUT2D eigenvalue weighted by atomic mass is 35.5. The minimum Gasteiger partial charge on any atom is -0.327 e. The van der Waals surface area contributed by atoms with E-state index in [0.29, 0.717) is 11.5 Å². The maximum Gasteiger partial charge on any atom is 0.00877 e. The molecule has 1 atom stereocenters. The minimum absolute atomic E-state index is 0. The number of rotatable bonds is 3. The Kier molecular flexibility index (Phi) is 6.08. The fraction of sp³-hybridized carbons (Fsp3) is 1.00. The van der Waals surface area contributed by atoms with Crippen molar-refractivity contribution in [1.82, 2.24) is 0 Å². The largest absolute Gasteiger partial charge is 0.327 e. The van der Waals surface area contributed by atoms with Crippen LogP contribution in [0.3, 0.4) is 0 Å². The van der Waals surface area contributed by atoms with Crippen molar-refractivity contribution >= 4 is 12.4 Å². The fourth-order valence-electron chi connectivity index (χ4n) is 2.15. The Bertz CT molecular complexity index is 145. The molecule has 1 unspecified atom stereocenters. The molecular weight excluding hydrogens is 194 g/mol. The highest BCUT2D eigenvalue weighted by Gasteiger charge is 2.22. The summed E-state index contributed by atoms with van der Waals surface area (Å²) >= 11 is 0. The van der Waals surface area contributed by atoms with Gasteiger partial charge in [0, 0.05) is 6.04 Å². The first-order valence-electron chi connectivity index (χ1n) is 5.76. The van der Waals surface area contributed by atoms with Gasteiger partial charge < -0.3 is 5.73 Å². The lowest BCUT2D eigenvalue weighted by Crippen LogP contribution is -2.35. The molecule has 1 fully saturated rings. The van der Waals surface area contributed by atoms with E-state index in [4.69, 9.17) is 5.73 Å². The lowest BCUT2D eigenvalue weighted by molar-refractivity contribution is 0.285. The summed E-state index contributed by atoms with van der Waals surface area (Å²) in [6, 6.07) is 0.382. The van der Waals surface area contributed by atoms with Crippen molar-refractivity contribution in [3.63, 3.8) is 0 Å². The fourth-order valence-corrected chi connectivity index (χ4v) is 2.15. The molecule has 0 heterocycles. The monoisotopic (exact) mass is 219 g/mol. The molecule has 1 aliphatic rings. The predicted octanol–water partition coefficient (Wildman–Crippen LogP) is 3.75. The van der Waals surface area contributed by atoms with Crippen LogP contribution in [0.1, 0.15) is 59.3 Å². The van der Waals surface area contributed by atoms with Gasteiger partial charge in [0.05, 0.1) is 0 Å². The van der Waals surface area contributed by atoms with E-state index in [1.165, 1.54) is 38.5 Å². The van der Waals surface area contributed by atoms with Gasteiger partial charge in [0.1, 0.15) is 0 Å². The van der Waals surface area contributed by atoms with Crippen LogP contribution in [0.4, 0.5) is 0 Å². The van der Waals surface area contributed by atoms with E-state index >= 15 is 0 Å². The average Bonchev–Trinajstić information content (AvgIpc) is 2.50. The van der Waals surface area contributed by atoms with Gasteiger partial charge in [0.25, 0.3) is 0 Å². The zero-order valence-corrected chi connectivity index (χ0v) is 10.7. The Balaban J connectivity index is 0.00000169. The Morgan fingerprint density at radius 3 is 2.14 bits per heavy atom. The summed E-state index contributed by atoms with van der Waals surface area (Å²) in [5, 5.41) is 0. The van der Waals surface area contributed by atoms with Crippen LogP contribution < -0.4 is 5.73 Å². The van der Waals surface area contributed by atoms with Crippen LogP contribution in [0, 0.1) is 11.3 Å². The van der Waals surface area contributed by atoms with E-state index < -0.39 is 0 Å². The molecule has 0 bridgehead atoms. The van der Waals surface area contributed by atoms with E-state index in [-0.39, 0.29) is 12.4 Å². The SMILES string of the molecule is CC(C)(C)C(N)CCC1CCCC1.Cl. The summed E-state index contributed by atoms with van der Waals surface area (Å²) in [4.78, 5) is 0. The van der Waals surface area contributed by atoms with Crippen molar-refractivity contribution < 1.29 is 0 Å². The first-order chi connectivity index (χ1) is 6.00. The summed E-state index contributed by atoms with van der Waals surface area (Å²) in [5.74, 6) is 0.994. The molecule has 2 N–H and O–H groups in total.